The first-order valence-corrected chi connectivity index (χ1v) is 8.80. The lowest BCUT2D eigenvalue weighted by Crippen LogP contribution is -2.22. The number of aromatic nitrogens is 2. The Morgan fingerprint density at radius 1 is 1.32 bits per heavy atom. The Bertz CT molecular complexity index is 1170. The Kier molecular flexibility index (Phi) is 4.52. The molecule has 2 heterocycles. The van der Waals surface area contributed by atoms with E-state index in [1.807, 2.05) is 0 Å². The van der Waals surface area contributed by atoms with Crippen molar-refractivity contribution >= 4 is 23.0 Å². The van der Waals surface area contributed by atoms with E-state index in [1.54, 1.807) is 34.9 Å². The van der Waals surface area contributed by atoms with Crippen molar-refractivity contribution in [2.75, 3.05) is 7.11 Å². The van der Waals surface area contributed by atoms with Gasteiger partial charge >= 0.3 is 0 Å². The van der Waals surface area contributed by atoms with Gasteiger partial charge in [-0.2, -0.15) is 5.10 Å². The topological polar surface area (TPSA) is 106 Å². The van der Waals surface area contributed by atoms with Crippen molar-refractivity contribution < 1.29 is 14.6 Å². The summed E-state index contributed by atoms with van der Waals surface area (Å²) in [5.74, 6) is 0.887. The lowest BCUT2D eigenvalue weighted by atomic mass is 10.1. The van der Waals surface area contributed by atoms with Crippen LogP contribution >= 0.6 is 0 Å². The normalized spacial score (nSPS) is 13.0. The monoisotopic (exact) mass is 378 g/mol. The van der Waals surface area contributed by atoms with Gasteiger partial charge in [0.05, 0.1) is 24.2 Å². The fourth-order valence-corrected chi connectivity index (χ4v) is 3.21. The van der Waals surface area contributed by atoms with Gasteiger partial charge in [-0.1, -0.05) is 0 Å². The Morgan fingerprint density at radius 3 is 3.00 bits per heavy atom. The number of ether oxygens (including phenoxy) is 1. The highest BCUT2D eigenvalue weighted by Gasteiger charge is 2.17. The molecule has 4 rings (SSSR count). The molecule has 0 spiro atoms. The van der Waals surface area contributed by atoms with Crippen molar-refractivity contribution in [3.63, 3.8) is 0 Å². The van der Waals surface area contributed by atoms with E-state index in [0.717, 1.165) is 18.7 Å². The average molecular weight is 378 g/mol. The van der Waals surface area contributed by atoms with Crippen LogP contribution in [0.15, 0.2) is 46.3 Å². The Balaban J connectivity index is 1.56. The smallest absolute Gasteiger partial charge is 0.271 e. The minimum atomic E-state index is -0.442. The summed E-state index contributed by atoms with van der Waals surface area (Å²) in [5.41, 5.74) is 3.59. The summed E-state index contributed by atoms with van der Waals surface area (Å²) in [4.78, 5) is 29.4. The first-order valence-electron chi connectivity index (χ1n) is 8.80. The van der Waals surface area contributed by atoms with Gasteiger partial charge in [0.1, 0.15) is 17.3 Å². The van der Waals surface area contributed by atoms with Crippen molar-refractivity contribution in [2.45, 2.75) is 19.4 Å². The van der Waals surface area contributed by atoms with E-state index in [4.69, 9.17) is 4.74 Å². The number of hydrogen-bond acceptors (Lipinski definition) is 6. The number of nitrogens with one attached hydrogen (secondary N) is 1. The van der Waals surface area contributed by atoms with Crippen LogP contribution in [-0.2, 0) is 13.0 Å². The lowest BCUT2D eigenvalue weighted by molar-refractivity contribution is 0.0955. The Hall–Kier alpha value is -3.68. The van der Waals surface area contributed by atoms with E-state index in [1.165, 1.54) is 19.4 Å². The molecule has 0 bridgehead atoms. The van der Waals surface area contributed by atoms with E-state index >= 15 is 0 Å². The number of hydrogen-bond donors (Lipinski definition) is 2. The van der Waals surface area contributed by atoms with Crippen LogP contribution in [0.2, 0.25) is 0 Å². The molecule has 0 radical (unpaired) electrons. The van der Waals surface area contributed by atoms with Gasteiger partial charge in [0, 0.05) is 24.1 Å². The number of amides is 1. The minimum absolute atomic E-state index is 0.0167. The van der Waals surface area contributed by atoms with Crippen molar-refractivity contribution in [1.29, 1.82) is 0 Å². The van der Waals surface area contributed by atoms with Crippen LogP contribution < -0.4 is 15.7 Å². The fourth-order valence-electron chi connectivity index (χ4n) is 3.21. The number of carbonyl (C=O) groups excluding carboxylic acids is 1. The van der Waals surface area contributed by atoms with Gasteiger partial charge in [0.25, 0.3) is 11.5 Å². The predicted octanol–water partition coefficient (Wildman–Crippen LogP) is 1.82. The molecule has 1 aromatic heterocycles. The standard InChI is InChI=1S/C20H18N4O4/c1-28-14-5-7-17(25)13(9-14)11-21-23-19(26)12-4-6-15-16(10-12)22-18-3-2-8-24(18)20(15)27/h4-7,9-11,25H,2-3,8H2,1H3,(H,23,26)/b21-11+. The summed E-state index contributed by atoms with van der Waals surface area (Å²) in [7, 11) is 1.52. The number of rotatable bonds is 4. The number of aryl methyl sites for hydroxylation is 1. The molecule has 0 saturated carbocycles. The first-order chi connectivity index (χ1) is 13.6. The largest absolute Gasteiger partial charge is 0.507 e. The molecule has 1 aliphatic heterocycles. The number of nitrogens with zero attached hydrogens (tertiary/aromatic N) is 3. The summed E-state index contributed by atoms with van der Waals surface area (Å²) >= 11 is 0. The molecule has 2 aromatic carbocycles. The maximum atomic E-state index is 12.5. The molecule has 8 nitrogen and oxygen atoms in total. The Labute approximate surface area is 160 Å². The van der Waals surface area contributed by atoms with Gasteiger partial charge in [-0.3, -0.25) is 14.2 Å². The van der Waals surface area contributed by atoms with Crippen LogP contribution in [0.4, 0.5) is 0 Å². The third kappa shape index (κ3) is 3.20. The molecular formula is C20H18N4O4. The Morgan fingerprint density at radius 2 is 2.18 bits per heavy atom. The average Bonchev–Trinajstić information content (AvgIpc) is 3.18. The molecule has 28 heavy (non-hydrogen) atoms. The van der Waals surface area contributed by atoms with Crippen LogP contribution in [-0.4, -0.2) is 33.9 Å². The number of benzene rings is 2. The van der Waals surface area contributed by atoms with Crippen LogP contribution in [0.3, 0.4) is 0 Å². The van der Waals surface area contributed by atoms with Gasteiger partial charge < -0.3 is 9.84 Å². The second-order valence-corrected chi connectivity index (χ2v) is 6.44. The highest BCUT2D eigenvalue weighted by molar-refractivity contribution is 5.98. The lowest BCUT2D eigenvalue weighted by Gasteiger charge is -2.06. The van der Waals surface area contributed by atoms with Gasteiger partial charge in [0.2, 0.25) is 0 Å². The quantitative estimate of drug-likeness (QED) is 0.532. The van der Waals surface area contributed by atoms with Gasteiger partial charge in [-0.05, 0) is 42.8 Å². The van der Waals surface area contributed by atoms with E-state index in [0.29, 0.717) is 34.3 Å². The van der Waals surface area contributed by atoms with E-state index in [-0.39, 0.29) is 11.3 Å². The highest BCUT2D eigenvalue weighted by atomic mass is 16.5. The third-order valence-electron chi connectivity index (χ3n) is 4.68. The number of hydrazone groups is 1. The highest BCUT2D eigenvalue weighted by Crippen LogP contribution is 2.21. The van der Waals surface area contributed by atoms with Crippen LogP contribution in [0.1, 0.15) is 28.2 Å². The third-order valence-corrected chi connectivity index (χ3v) is 4.68. The number of phenols is 1. The molecule has 0 saturated heterocycles. The predicted molar refractivity (Wildman–Crippen MR) is 104 cm³/mol. The maximum absolute atomic E-state index is 12.5. The van der Waals surface area contributed by atoms with Crippen molar-refractivity contribution in [3.05, 3.63) is 63.7 Å². The summed E-state index contributed by atoms with van der Waals surface area (Å²) < 4.78 is 6.78. The zero-order chi connectivity index (χ0) is 19.7. The zero-order valence-electron chi connectivity index (χ0n) is 15.2. The fraction of sp³-hybridized carbons (Fsp3) is 0.200. The number of fused-ring (bicyclic) bond motifs is 2. The summed E-state index contributed by atoms with van der Waals surface area (Å²) in [6, 6.07) is 9.47. The molecule has 0 unspecified atom stereocenters. The summed E-state index contributed by atoms with van der Waals surface area (Å²) in [5, 5.41) is 14.2. The van der Waals surface area contributed by atoms with Crippen molar-refractivity contribution in [3.8, 4) is 11.5 Å². The molecule has 8 heteroatoms. The van der Waals surface area contributed by atoms with Crippen molar-refractivity contribution in [2.24, 2.45) is 5.10 Å². The first kappa shape index (κ1) is 17.7. The van der Waals surface area contributed by atoms with E-state index in [9.17, 15) is 14.7 Å². The van der Waals surface area contributed by atoms with Gasteiger partial charge in [-0.25, -0.2) is 10.4 Å². The summed E-state index contributed by atoms with van der Waals surface area (Å²) in [6.07, 6.45) is 2.99. The van der Waals surface area contributed by atoms with Gasteiger partial charge in [0.15, 0.2) is 0 Å². The van der Waals surface area contributed by atoms with E-state index in [2.05, 4.69) is 15.5 Å². The van der Waals surface area contributed by atoms with Crippen LogP contribution in [0, 0.1) is 0 Å². The molecule has 1 aliphatic rings. The molecular weight excluding hydrogens is 360 g/mol. The number of aromatic hydroxyl groups is 1. The van der Waals surface area contributed by atoms with Crippen LogP contribution in [0.25, 0.3) is 10.9 Å². The molecule has 0 fully saturated rings. The maximum Gasteiger partial charge on any atom is 0.271 e. The molecule has 0 atom stereocenters. The molecule has 3 aromatic rings. The molecule has 2 N–H and O–H groups in total. The number of carbonyl (C=O) groups is 1. The molecule has 0 aliphatic carbocycles. The van der Waals surface area contributed by atoms with Crippen molar-refractivity contribution in [1.82, 2.24) is 15.0 Å². The second-order valence-electron chi connectivity index (χ2n) is 6.44. The van der Waals surface area contributed by atoms with Crippen LogP contribution in [0.5, 0.6) is 11.5 Å². The SMILES string of the molecule is COc1ccc(O)c(/C=N/NC(=O)c2ccc3c(=O)n4c(nc3c2)CCC4)c1. The second kappa shape index (κ2) is 7.15. The zero-order valence-corrected chi connectivity index (χ0v) is 15.2. The minimum Gasteiger partial charge on any atom is -0.507 e. The van der Waals surface area contributed by atoms with E-state index < -0.39 is 5.91 Å². The molecule has 1 amide bonds. The summed E-state index contributed by atoms with van der Waals surface area (Å²) in [6.45, 7) is 0.686. The van der Waals surface area contributed by atoms with Gasteiger partial charge in [-0.15, -0.1) is 0 Å². The number of phenolic OH excluding ortho intramolecular Hbond substituents is 1. The molecule has 142 valence electrons. The number of methoxy groups -OCH3 is 1.